The molecule has 4 saturated heterocycles. The molecule has 4 fully saturated rings. The summed E-state index contributed by atoms with van der Waals surface area (Å²) >= 11 is 6.19. The minimum Gasteiger partial charge on any atom is -0.493 e. The van der Waals surface area contributed by atoms with Gasteiger partial charge in [-0.1, -0.05) is 66.2 Å². The van der Waals surface area contributed by atoms with E-state index in [9.17, 15) is 28.7 Å². The predicted molar refractivity (Wildman–Crippen MR) is 477 cm³/mol. The number of carbonyl (C=O) groups excluding carboxylic acids is 4. The normalized spacial score (nSPS) is 16.6. The van der Waals surface area contributed by atoms with Crippen molar-refractivity contribution in [2.24, 2.45) is 14.1 Å². The average Bonchev–Trinajstić information content (AvgIpc) is 1.66. The van der Waals surface area contributed by atoms with Crippen molar-refractivity contribution in [3.63, 3.8) is 0 Å². The molecule has 0 saturated carbocycles. The highest BCUT2D eigenvalue weighted by Gasteiger charge is 2.50. The van der Waals surface area contributed by atoms with Crippen molar-refractivity contribution in [1.82, 2.24) is 58.5 Å². The van der Waals surface area contributed by atoms with Gasteiger partial charge in [-0.05, 0) is 172 Å². The summed E-state index contributed by atoms with van der Waals surface area (Å²) in [5.41, 5.74) is 13.9. The Morgan fingerprint density at radius 1 is 0.528 bits per heavy atom. The Morgan fingerprint density at radius 2 is 1.06 bits per heavy atom. The lowest BCUT2D eigenvalue weighted by atomic mass is 9.81. The summed E-state index contributed by atoms with van der Waals surface area (Å²) in [6.45, 7) is 13.1. The van der Waals surface area contributed by atoms with E-state index >= 15 is 0 Å². The number of rotatable bonds is 11. The van der Waals surface area contributed by atoms with E-state index in [1.54, 1.807) is 69.5 Å². The van der Waals surface area contributed by atoms with Gasteiger partial charge in [0.2, 0.25) is 0 Å². The van der Waals surface area contributed by atoms with Gasteiger partial charge < -0.3 is 67.0 Å². The lowest BCUT2D eigenvalue weighted by Gasteiger charge is -2.45. The molecule has 646 valence electrons. The van der Waals surface area contributed by atoms with Crippen LogP contribution in [-0.2, 0) is 47.7 Å². The summed E-state index contributed by atoms with van der Waals surface area (Å²) in [7, 11) is 7.08. The van der Waals surface area contributed by atoms with Crippen molar-refractivity contribution in [1.29, 1.82) is 0 Å². The van der Waals surface area contributed by atoms with Gasteiger partial charge in [-0.3, -0.25) is 33.6 Å². The topological polar surface area (TPSA) is 240 Å². The number of halogens is 2. The number of piperidine rings is 4. The standard InChI is InChI=1S/C27H30N2O5.C26H29N3O3.C23H20ClFN2O2.C23H21N5O2.2H2/c1-19-8-11-25-27(34-22-7-5-4-6-21(22)29(19)25)12-14-28(15-13-27)26(30)20-9-10-23(24(18-20)32-3)33-17-16-31-2;1-25(2,31)16-18-8-10-19(11-9-18)24(30)29-14-12-26(13-15-29)21-17-28(3)27-23(21)20-6-4-5-7-22(20)32-26;1-15-4-6-17(18(25)13-15)22(28)26-11-8-23(9-12-26)21-3-2-10-27(21)19-7-5-16(24)14-20(19)29-23;1-27-14-18-21(26-27)17-4-2-3-5-20(17)30-23(18)8-10-28(11-9-23)22(29)15-6-7-19-16(12-15)13-24-25-19;;/h4-11,18H,12-17H2,1-3H3;4-11,17,31H,12-16H2,1-3H3;2-7,10,13-14H,8-9,11-12H2,1H3;2-7,12-14H,8-11H2,1H3,(H,24,25);2*1H. The number of likely N-dealkylation sites (tertiary alicyclic amines) is 4. The average molecular weight is 1710 g/mol. The minimum absolute atomic E-state index is 0. The highest BCUT2D eigenvalue weighted by atomic mass is 35.5. The van der Waals surface area contributed by atoms with E-state index in [4.69, 9.17) is 55.0 Å². The summed E-state index contributed by atoms with van der Waals surface area (Å²) in [6.07, 6.45) is 14.1. The molecule has 8 aromatic carbocycles. The van der Waals surface area contributed by atoms with Crippen LogP contribution in [0.5, 0.6) is 34.5 Å². The Hall–Kier alpha value is -13.0. The van der Waals surface area contributed by atoms with Gasteiger partial charge >= 0.3 is 0 Å². The molecule has 0 atom stereocenters. The molecule has 125 heavy (non-hydrogen) atoms. The van der Waals surface area contributed by atoms with E-state index < -0.39 is 33.8 Å². The largest absolute Gasteiger partial charge is 0.493 e. The molecule has 21 rings (SSSR count). The number of aryl methyl sites for hydroxylation is 4. The number of aromatic nitrogens is 8. The number of ether oxygens (including phenoxy) is 7. The molecule has 13 heterocycles. The van der Waals surface area contributed by atoms with Crippen LogP contribution in [0.4, 0.5) is 4.39 Å². The summed E-state index contributed by atoms with van der Waals surface area (Å²) in [4.78, 5) is 59.9. The smallest absolute Gasteiger partial charge is 0.256 e. The number of hydrogen-bond acceptors (Lipinski definition) is 15. The molecule has 0 unspecified atom stereocenters. The van der Waals surface area contributed by atoms with Crippen LogP contribution in [0.1, 0.15) is 149 Å². The molecule has 24 nitrogen and oxygen atoms in total. The number of H-pyrrole nitrogens is 1. The van der Waals surface area contributed by atoms with Crippen molar-refractivity contribution in [2.45, 2.75) is 113 Å². The fraction of sp³-hybridized carbons (Fsp3) is 0.323. The summed E-state index contributed by atoms with van der Waals surface area (Å²) in [5.74, 6) is 3.83. The van der Waals surface area contributed by atoms with Crippen LogP contribution in [0, 0.1) is 19.7 Å². The Balaban J connectivity index is 0.000000124. The van der Waals surface area contributed by atoms with Crippen LogP contribution in [0.25, 0.3) is 44.8 Å². The third kappa shape index (κ3) is 16.0. The van der Waals surface area contributed by atoms with Gasteiger partial charge in [0, 0.05) is 214 Å². The molecule has 0 bridgehead atoms. The summed E-state index contributed by atoms with van der Waals surface area (Å²) in [6, 6.07) is 61.6. The molecule has 26 heteroatoms. The van der Waals surface area contributed by atoms with Gasteiger partial charge in [-0.2, -0.15) is 15.3 Å². The Kier molecular flexibility index (Phi) is 22.3. The third-order valence-electron chi connectivity index (χ3n) is 25.5. The second-order valence-electron chi connectivity index (χ2n) is 34.3. The summed E-state index contributed by atoms with van der Waals surface area (Å²) in [5, 5.41) is 28.0. The zero-order chi connectivity index (χ0) is 86.7. The highest BCUT2D eigenvalue weighted by Crippen LogP contribution is 2.53. The molecule has 0 radical (unpaired) electrons. The van der Waals surface area contributed by atoms with Gasteiger partial charge in [0.05, 0.1) is 59.4 Å². The van der Waals surface area contributed by atoms with Crippen LogP contribution < -0.4 is 28.4 Å². The molecule has 4 amide bonds. The number of benzene rings is 8. The minimum atomic E-state index is -0.767. The number of aromatic amines is 1. The zero-order valence-electron chi connectivity index (χ0n) is 71.3. The van der Waals surface area contributed by atoms with E-state index in [1.807, 2.05) is 179 Å². The second-order valence-corrected chi connectivity index (χ2v) is 34.7. The maximum Gasteiger partial charge on any atom is 0.256 e. The number of aliphatic hydroxyl groups is 1. The molecular weight excluding hydrogens is 1600 g/mol. The number of hydrogen-bond donors (Lipinski definition) is 2. The number of amides is 4. The fourth-order valence-corrected chi connectivity index (χ4v) is 19.2. The van der Waals surface area contributed by atoms with Crippen LogP contribution in [0.2, 0.25) is 5.02 Å². The molecular formula is C99H104ClFN12O12. The van der Waals surface area contributed by atoms with E-state index in [1.165, 1.54) is 11.8 Å². The number of carbonyl (C=O) groups is 4. The van der Waals surface area contributed by atoms with E-state index in [0.717, 1.165) is 140 Å². The first-order valence-corrected chi connectivity index (χ1v) is 43.0. The van der Waals surface area contributed by atoms with Gasteiger partial charge in [-0.15, -0.1) is 0 Å². The van der Waals surface area contributed by atoms with Crippen molar-refractivity contribution >= 4 is 46.1 Å². The maximum absolute atomic E-state index is 14.3. The first-order valence-electron chi connectivity index (χ1n) is 42.7. The monoisotopic (exact) mass is 1710 g/mol. The van der Waals surface area contributed by atoms with E-state index in [2.05, 4.69) is 69.0 Å². The molecule has 4 spiro atoms. The lowest BCUT2D eigenvalue weighted by Crippen LogP contribution is -2.50. The van der Waals surface area contributed by atoms with Crippen molar-refractivity contribution in [2.75, 3.05) is 79.8 Å². The van der Waals surface area contributed by atoms with Gasteiger partial charge in [0.15, 0.2) is 22.7 Å². The first-order chi connectivity index (χ1) is 60.4. The lowest BCUT2D eigenvalue weighted by molar-refractivity contribution is -0.00990. The van der Waals surface area contributed by atoms with Crippen LogP contribution >= 0.6 is 11.6 Å². The van der Waals surface area contributed by atoms with Crippen LogP contribution in [0.3, 0.4) is 0 Å². The Bertz CT molecular complexity index is 6260. The third-order valence-corrected chi connectivity index (χ3v) is 25.7. The Morgan fingerprint density at radius 3 is 1.65 bits per heavy atom. The van der Waals surface area contributed by atoms with Crippen molar-refractivity contribution < 1.29 is 64.7 Å². The molecule has 13 aromatic rings. The number of para-hydroxylation sites is 4. The summed E-state index contributed by atoms with van der Waals surface area (Å²) < 4.78 is 64.9. The molecule has 8 aliphatic heterocycles. The molecule has 2 N–H and O–H groups in total. The molecule has 8 aliphatic rings. The van der Waals surface area contributed by atoms with E-state index in [0.29, 0.717) is 118 Å². The van der Waals surface area contributed by atoms with Gasteiger partial charge in [0.1, 0.15) is 58.0 Å². The number of fused-ring (bicyclic) bond motifs is 17. The van der Waals surface area contributed by atoms with Gasteiger partial charge in [-0.25, -0.2) is 4.39 Å². The quantitative estimate of drug-likeness (QED) is 0.114. The Labute approximate surface area is 732 Å². The van der Waals surface area contributed by atoms with Crippen molar-refractivity contribution in [3.8, 4) is 68.4 Å². The van der Waals surface area contributed by atoms with Crippen LogP contribution in [-0.4, -0.2) is 173 Å². The number of methoxy groups -OCH3 is 2. The second kappa shape index (κ2) is 33.6. The SMILES string of the molecule is COCCOc1ccc(C(=O)N2CCC3(CC2)Oc2ccccc2-n2c(C)ccc23)cc1OC.Cc1ccc(C(=O)N2CCC3(CC2)Oc2cc(Cl)ccc2-n2cccc23)c(F)c1.Cn1cc2c(n1)-c1ccccc1OC21CCN(C(=O)c2ccc(CC(C)(C)O)cc2)CC1.Cn1cc2c(n1)-c1ccccc1OC21CCN(C(=O)c2ccc3[nH]ncc3c2)CC1.[HH].[HH]. The fourth-order valence-electron chi connectivity index (χ4n) is 19.0. The first kappa shape index (κ1) is 83.0. The zero-order valence-corrected chi connectivity index (χ0v) is 72.1. The molecule has 0 aliphatic carbocycles. The van der Waals surface area contributed by atoms with Gasteiger partial charge in [0.25, 0.3) is 23.6 Å². The van der Waals surface area contributed by atoms with Crippen molar-refractivity contribution in [3.05, 3.63) is 291 Å². The van der Waals surface area contributed by atoms with E-state index in [-0.39, 0.29) is 32.0 Å². The number of nitrogens with zero attached hydrogens (tertiary/aromatic N) is 11. The predicted octanol–water partition coefficient (Wildman–Crippen LogP) is 17.3. The van der Waals surface area contributed by atoms with Crippen LogP contribution in [0.15, 0.2) is 219 Å². The molecule has 5 aromatic heterocycles. The highest BCUT2D eigenvalue weighted by molar-refractivity contribution is 6.30. The number of nitrogens with one attached hydrogen (secondary N) is 1. The maximum atomic E-state index is 14.3.